The number of hydrogen-bond acceptors (Lipinski definition) is 5. The predicted octanol–water partition coefficient (Wildman–Crippen LogP) is 0.897. The highest BCUT2D eigenvalue weighted by molar-refractivity contribution is 5.71. The zero-order chi connectivity index (χ0) is 13.7. The molecule has 1 heterocycles. The van der Waals surface area contributed by atoms with E-state index in [9.17, 15) is 4.79 Å². The molecule has 0 atom stereocenters. The van der Waals surface area contributed by atoms with E-state index in [1.165, 1.54) is 0 Å². The van der Waals surface area contributed by atoms with Gasteiger partial charge in [-0.2, -0.15) is 0 Å². The molecule has 0 N–H and O–H groups in total. The summed E-state index contributed by atoms with van der Waals surface area (Å²) < 4.78 is 6.90. The molecule has 1 aromatic heterocycles. The third kappa shape index (κ3) is 3.80. The van der Waals surface area contributed by atoms with Crippen molar-refractivity contribution in [2.24, 2.45) is 7.05 Å². The molecule has 0 spiro atoms. The molecule has 0 saturated heterocycles. The van der Waals surface area contributed by atoms with Crippen LogP contribution in [-0.2, 0) is 23.1 Å². The predicted molar refractivity (Wildman–Crippen MR) is 67.9 cm³/mol. The summed E-state index contributed by atoms with van der Waals surface area (Å²) >= 11 is 0. The number of esters is 1. The fourth-order valence-corrected chi connectivity index (χ4v) is 1.56. The van der Waals surface area contributed by atoms with Crippen LogP contribution in [0.3, 0.4) is 0 Å². The minimum absolute atomic E-state index is 0.204. The van der Waals surface area contributed by atoms with E-state index in [1.807, 2.05) is 44.2 Å². The SMILES string of the molecule is CCOC(=O)CN(Cc1nnc(C)n1C)C(C)C. The topological polar surface area (TPSA) is 60.2 Å². The third-order valence-corrected chi connectivity index (χ3v) is 2.90. The lowest BCUT2D eigenvalue weighted by Crippen LogP contribution is -2.36. The van der Waals surface area contributed by atoms with Crippen molar-refractivity contribution in [3.63, 3.8) is 0 Å². The Bertz CT molecular complexity index is 401. The quantitative estimate of drug-likeness (QED) is 0.706. The van der Waals surface area contributed by atoms with E-state index in [2.05, 4.69) is 10.2 Å². The molecule has 0 saturated carbocycles. The molecular weight excluding hydrogens is 232 g/mol. The Hall–Kier alpha value is -1.43. The van der Waals surface area contributed by atoms with Crippen molar-refractivity contribution in [3.8, 4) is 0 Å². The van der Waals surface area contributed by atoms with Crippen LogP contribution in [0, 0.1) is 6.92 Å². The first-order chi connectivity index (χ1) is 8.45. The third-order valence-electron chi connectivity index (χ3n) is 2.90. The maximum Gasteiger partial charge on any atom is 0.320 e. The summed E-state index contributed by atoms with van der Waals surface area (Å²) in [4.78, 5) is 13.5. The molecule has 0 aliphatic carbocycles. The van der Waals surface area contributed by atoms with Crippen LogP contribution in [0.15, 0.2) is 0 Å². The average molecular weight is 254 g/mol. The van der Waals surface area contributed by atoms with Gasteiger partial charge in [0.25, 0.3) is 0 Å². The van der Waals surface area contributed by atoms with Crippen LogP contribution in [0.2, 0.25) is 0 Å². The van der Waals surface area contributed by atoms with E-state index in [1.54, 1.807) is 0 Å². The number of aromatic nitrogens is 3. The Morgan fingerprint density at radius 1 is 1.44 bits per heavy atom. The van der Waals surface area contributed by atoms with Gasteiger partial charge in [-0.3, -0.25) is 9.69 Å². The van der Waals surface area contributed by atoms with E-state index in [4.69, 9.17) is 4.74 Å². The second-order valence-corrected chi connectivity index (χ2v) is 4.53. The molecule has 1 aromatic rings. The van der Waals surface area contributed by atoms with Gasteiger partial charge in [0.1, 0.15) is 11.6 Å². The standard InChI is InChI=1S/C12H22N4O2/c1-6-18-12(17)8-16(9(2)3)7-11-14-13-10(4)15(11)5/h9H,6-8H2,1-5H3. The van der Waals surface area contributed by atoms with Gasteiger partial charge in [-0.05, 0) is 27.7 Å². The van der Waals surface area contributed by atoms with Crippen LogP contribution < -0.4 is 0 Å². The van der Waals surface area contributed by atoms with Gasteiger partial charge < -0.3 is 9.30 Å². The fourth-order valence-electron chi connectivity index (χ4n) is 1.56. The van der Waals surface area contributed by atoms with Crippen LogP contribution >= 0.6 is 0 Å². The summed E-state index contributed by atoms with van der Waals surface area (Å²) in [5.41, 5.74) is 0. The lowest BCUT2D eigenvalue weighted by atomic mass is 10.3. The molecule has 18 heavy (non-hydrogen) atoms. The van der Waals surface area contributed by atoms with E-state index in [0.29, 0.717) is 13.2 Å². The lowest BCUT2D eigenvalue weighted by molar-refractivity contribution is -0.145. The maximum atomic E-state index is 11.5. The van der Waals surface area contributed by atoms with E-state index >= 15 is 0 Å². The second-order valence-electron chi connectivity index (χ2n) is 4.53. The summed E-state index contributed by atoms with van der Waals surface area (Å²) in [6, 6.07) is 0.242. The van der Waals surface area contributed by atoms with Gasteiger partial charge in [0.2, 0.25) is 0 Å². The van der Waals surface area contributed by atoms with Crippen LogP contribution in [0.4, 0.5) is 0 Å². The minimum Gasteiger partial charge on any atom is -0.465 e. The molecule has 0 aromatic carbocycles. The Morgan fingerprint density at radius 3 is 2.56 bits per heavy atom. The average Bonchev–Trinajstić information content (AvgIpc) is 2.60. The number of hydrogen-bond donors (Lipinski definition) is 0. The summed E-state index contributed by atoms with van der Waals surface area (Å²) in [6.45, 7) is 9.08. The number of rotatable bonds is 6. The van der Waals surface area contributed by atoms with Crippen molar-refractivity contribution in [2.75, 3.05) is 13.2 Å². The summed E-state index contributed by atoms with van der Waals surface area (Å²) in [5.74, 6) is 1.51. The Labute approximate surface area is 108 Å². The molecule has 0 bridgehead atoms. The summed E-state index contributed by atoms with van der Waals surface area (Å²) in [5, 5.41) is 8.12. The van der Waals surface area contributed by atoms with Crippen LogP contribution in [0.1, 0.15) is 32.4 Å². The number of nitrogens with zero attached hydrogens (tertiary/aromatic N) is 4. The molecule has 6 heteroatoms. The number of carbonyl (C=O) groups excluding carboxylic acids is 1. The number of carbonyl (C=O) groups is 1. The zero-order valence-electron chi connectivity index (χ0n) is 11.8. The highest BCUT2D eigenvalue weighted by Gasteiger charge is 2.18. The smallest absolute Gasteiger partial charge is 0.320 e. The second kappa shape index (κ2) is 6.49. The molecule has 0 radical (unpaired) electrons. The largest absolute Gasteiger partial charge is 0.465 e. The van der Waals surface area contributed by atoms with Gasteiger partial charge in [0.15, 0.2) is 0 Å². The molecule has 0 fully saturated rings. The molecule has 0 amide bonds. The van der Waals surface area contributed by atoms with Gasteiger partial charge in [0.05, 0.1) is 19.7 Å². The molecule has 0 aliphatic heterocycles. The molecule has 0 unspecified atom stereocenters. The first kappa shape index (κ1) is 14.6. The van der Waals surface area contributed by atoms with E-state index in [0.717, 1.165) is 11.6 Å². The first-order valence-electron chi connectivity index (χ1n) is 6.20. The van der Waals surface area contributed by atoms with Crippen molar-refractivity contribution in [2.45, 2.75) is 40.3 Å². The van der Waals surface area contributed by atoms with Crippen molar-refractivity contribution >= 4 is 5.97 Å². The highest BCUT2D eigenvalue weighted by Crippen LogP contribution is 2.07. The Kier molecular flexibility index (Phi) is 5.27. The van der Waals surface area contributed by atoms with Crippen molar-refractivity contribution < 1.29 is 9.53 Å². The first-order valence-corrected chi connectivity index (χ1v) is 6.20. The Balaban J connectivity index is 2.69. The Morgan fingerprint density at radius 2 is 2.11 bits per heavy atom. The van der Waals surface area contributed by atoms with Crippen LogP contribution in [0.5, 0.6) is 0 Å². The minimum atomic E-state index is -0.204. The van der Waals surface area contributed by atoms with Gasteiger partial charge in [-0.15, -0.1) is 10.2 Å². The molecule has 6 nitrogen and oxygen atoms in total. The number of aryl methyl sites for hydroxylation is 1. The number of ether oxygens (including phenoxy) is 1. The van der Waals surface area contributed by atoms with Gasteiger partial charge in [-0.1, -0.05) is 0 Å². The molecule has 102 valence electrons. The zero-order valence-corrected chi connectivity index (χ0v) is 11.8. The van der Waals surface area contributed by atoms with Crippen molar-refractivity contribution in [1.29, 1.82) is 0 Å². The van der Waals surface area contributed by atoms with Crippen LogP contribution in [-0.4, -0.2) is 44.8 Å². The summed E-state index contributed by atoms with van der Waals surface area (Å²) in [6.07, 6.45) is 0. The normalized spacial score (nSPS) is 11.3. The van der Waals surface area contributed by atoms with Gasteiger partial charge >= 0.3 is 5.97 Å². The molecule has 1 rings (SSSR count). The van der Waals surface area contributed by atoms with Crippen molar-refractivity contribution in [1.82, 2.24) is 19.7 Å². The van der Waals surface area contributed by atoms with E-state index in [-0.39, 0.29) is 18.6 Å². The monoisotopic (exact) mass is 254 g/mol. The highest BCUT2D eigenvalue weighted by atomic mass is 16.5. The molecule has 0 aliphatic rings. The lowest BCUT2D eigenvalue weighted by Gasteiger charge is -2.24. The van der Waals surface area contributed by atoms with Crippen molar-refractivity contribution in [3.05, 3.63) is 11.6 Å². The summed E-state index contributed by atoms with van der Waals surface area (Å²) in [7, 11) is 1.92. The van der Waals surface area contributed by atoms with E-state index < -0.39 is 0 Å². The fraction of sp³-hybridized carbons (Fsp3) is 0.750. The van der Waals surface area contributed by atoms with Gasteiger partial charge in [-0.25, -0.2) is 0 Å². The molecular formula is C12H22N4O2. The van der Waals surface area contributed by atoms with Crippen LogP contribution in [0.25, 0.3) is 0 Å². The maximum absolute atomic E-state index is 11.5. The van der Waals surface area contributed by atoms with Gasteiger partial charge in [0, 0.05) is 13.1 Å².